The SMILES string of the molecule is C1=NCC(c2ccncc2)O1.CCCN(C)C=O. The summed E-state index contributed by atoms with van der Waals surface area (Å²) in [6.45, 7) is 3.63. The molecule has 5 heteroatoms. The first kappa shape index (κ1) is 14.2. The summed E-state index contributed by atoms with van der Waals surface area (Å²) in [5.74, 6) is 0. The van der Waals surface area contributed by atoms with E-state index in [9.17, 15) is 4.79 Å². The summed E-state index contributed by atoms with van der Waals surface area (Å²) in [5, 5.41) is 0. The summed E-state index contributed by atoms with van der Waals surface area (Å²) in [4.78, 5) is 19.3. The second-order valence-corrected chi connectivity index (χ2v) is 3.96. The third-order valence-electron chi connectivity index (χ3n) is 2.41. The third kappa shape index (κ3) is 4.95. The van der Waals surface area contributed by atoms with Gasteiger partial charge in [-0.25, -0.2) is 0 Å². The highest BCUT2D eigenvalue weighted by molar-refractivity contribution is 5.49. The van der Waals surface area contributed by atoms with Gasteiger partial charge in [-0.1, -0.05) is 6.92 Å². The Morgan fingerprint density at radius 1 is 1.50 bits per heavy atom. The van der Waals surface area contributed by atoms with Crippen molar-refractivity contribution in [3.8, 4) is 0 Å². The Balaban J connectivity index is 0.000000203. The van der Waals surface area contributed by atoms with Crippen LogP contribution in [0.2, 0.25) is 0 Å². The van der Waals surface area contributed by atoms with Crippen LogP contribution in [0.1, 0.15) is 25.0 Å². The van der Waals surface area contributed by atoms with Crippen LogP contribution < -0.4 is 0 Å². The first-order valence-corrected chi connectivity index (χ1v) is 5.97. The van der Waals surface area contributed by atoms with Gasteiger partial charge in [0.2, 0.25) is 6.41 Å². The number of ether oxygens (including phenoxy) is 1. The van der Waals surface area contributed by atoms with Gasteiger partial charge >= 0.3 is 0 Å². The van der Waals surface area contributed by atoms with Gasteiger partial charge in [-0.15, -0.1) is 0 Å². The average molecular weight is 249 g/mol. The number of aliphatic imine (C=N–C) groups is 1. The van der Waals surface area contributed by atoms with E-state index in [-0.39, 0.29) is 6.10 Å². The highest BCUT2D eigenvalue weighted by atomic mass is 16.5. The van der Waals surface area contributed by atoms with Gasteiger partial charge in [-0.2, -0.15) is 0 Å². The summed E-state index contributed by atoms with van der Waals surface area (Å²) in [7, 11) is 1.77. The van der Waals surface area contributed by atoms with Crippen molar-refractivity contribution in [2.75, 3.05) is 20.1 Å². The van der Waals surface area contributed by atoms with Gasteiger partial charge in [0, 0.05) is 26.0 Å². The van der Waals surface area contributed by atoms with E-state index < -0.39 is 0 Å². The fourth-order valence-electron chi connectivity index (χ4n) is 1.47. The molecule has 1 atom stereocenters. The minimum absolute atomic E-state index is 0.109. The molecule has 0 bridgehead atoms. The van der Waals surface area contributed by atoms with E-state index in [2.05, 4.69) is 9.98 Å². The Kier molecular flexibility index (Phi) is 6.46. The highest BCUT2D eigenvalue weighted by Gasteiger charge is 2.13. The topological polar surface area (TPSA) is 54.8 Å². The summed E-state index contributed by atoms with van der Waals surface area (Å²) < 4.78 is 5.22. The van der Waals surface area contributed by atoms with E-state index in [0.29, 0.717) is 0 Å². The highest BCUT2D eigenvalue weighted by Crippen LogP contribution is 2.18. The van der Waals surface area contributed by atoms with Gasteiger partial charge in [-0.3, -0.25) is 14.8 Å². The molecular weight excluding hydrogens is 230 g/mol. The number of hydrogen-bond acceptors (Lipinski definition) is 4. The number of hydrogen-bond donors (Lipinski definition) is 0. The summed E-state index contributed by atoms with van der Waals surface area (Å²) in [6, 6.07) is 3.89. The Morgan fingerprint density at radius 2 is 2.22 bits per heavy atom. The predicted molar refractivity (Wildman–Crippen MR) is 70.4 cm³/mol. The van der Waals surface area contributed by atoms with Crippen molar-refractivity contribution in [1.29, 1.82) is 0 Å². The van der Waals surface area contributed by atoms with E-state index >= 15 is 0 Å². The Labute approximate surface area is 108 Å². The van der Waals surface area contributed by atoms with Gasteiger partial charge in [0.1, 0.15) is 6.10 Å². The largest absolute Gasteiger partial charge is 0.474 e. The van der Waals surface area contributed by atoms with Gasteiger partial charge in [0.25, 0.3) is 0 Å². The fourth-order valence-corrected chi connectivity index (χ4v) is 1.47. The molecule has 0 fully saturated rings. The lowest BCUT2D eigenvalue weighted by molar-refractivity contribution is -0.117. The molecule has 98 valence electrons. The van der Waals surface area contributed by atoms with Crippen molar-refractivity contribution in [3.63, 3.8) is 0 Å². The van der Waals surface area contributed by atoms with E-state index in [1.165, 1.54) is 6.40 Å². The van der Waals surface area contributed by atoms with Crippen LogP contribution in [0.5, 0.6) is 0 Å². The monoisotopic (exact) mass is 249 g/mol. The number of carbonyl (C=O) groups excluding carboxylic acids is 1. The van der Waals surface area contributed by atoms with Gasteiger partial charge in [0.15, 0.2) is 6.40 Å². The van der Waals surface area contributed by atoms with Crippen LogP contribution in [0.15, 0.2) is 29.5 Å². The van der Waals surface area contributed by atoms with Crippen LogP contribution in [0, 0.1) is 0 Å². The maximum atomic E-state index is 9.82. The molecule has 0 radical (unpaired) electrons. The van der Waals surface area contributed by atoms with Crippen LogP contribution in [0.3, 0.4) is 0 Å². The number of amides is 1. The molecule has 2 rings (SSSR count). The Bertz CT molecular complexity index is 360. The first-order valence-electron chi connectivity index (χ1n) is 5.97. The normalized spacial score (nSPS) is 16.4. The zero-order valence-electron chi connectivity index (χ0n) is 10.8. The van der Waals surface area contributed by atoms with E-state index in [1.807, 2.05) is 19.1 Å². The molecule has 0 aromatic carbocycles. The smallest absolute Gasteiger partial charge is 0.209 e. The van der Waals surface area contributed by atoms with Crippen LogP contribution in [-0.2, 0) is 9.53 Å². The van der Waals surface area contributed by atoms with Crippen molar-refractivity contribution in [3.05, 3.63) is 30.1 Å². The van der Waals surface area contributed by atoms with Crippen LogP contribution in [0.4, 0.5) is 0 Å². The van der Waals surface area contributed by atoms with Crippen LogP contribution >= 0.6 is 0 Å². The van der Waals surface area contributed by atoms with Gasteiger partial charge < -0.3 is 9.64 Å². The fraction of sp³-hybridized carbons (Fsp3) is 0.462. The molecule has 2 heterocycles. The zero-order valence-corrected chi connectivity index (χ0v) is 10.8. The lowest BCUT2D eigenvalue weighted by Gasteiger charge is -2.06. The molecular formula is C13H19N3O2. The molecule has 1 unspecified atom stereocenters. The van der Waals surface area contributed by atoms with E-state index in [0.717, 1.165) is 31.5 Å². The van der Waals surface area contributed by atoms with Gasteiger partial charge in [-0.05, 0) is 24.1 Å². The second kappa shape index (κ2) is 8.22. The quantitative estimate of drug-likeness (QED) is 0.763. The van der Waals surface area contributed by atoms with Crippen molar-refractivity contribution < 1.29 is 9.53 Å². The van der Waals surface area contributed by atoms with Crippen molar-refractivity contribution in [2.24, 2.45) is 4.99 Å². The van der Waals surface area contributed by atoms with Crippen molar-refractivity contribution >= 4 is 12.8 Å². The number of pyridine rings is 1. The van der Waals surface area contributed by atoms with Crippen molar-refractivity contribution in [1.82, 2.24) is 9.88 Å². The molecule has 0 spiro atoms. The summed E-state index contributed by atoms with van der Waals surface area (Å²) in [5.41, 5.74) is 1.14. The second-order valence-electron chi connectivity index (χ2n) is 3.96. The summed E-state index contributed by atoms with van der Waals surface area (Å²) >= 11 is 0. The molecule has 1 aromatic heterocycles. The van der Waals surface area contributed by atoms with E-state index in [4.69, 9.17) is 4.74 Å². The minimum Gasteiger partial charge on any atom is -0.474 e. The lowest BCUT2D eigenvalue weighted by atomic mass is 10.1. The number of nitrogens with zero attached hydrogens (tertiary/aromatic N) is 3. The minimum atomic E-state index is 0.109. The van der Waals surface area contributed by atoms with Crippen molar-refractivity contribution in [2.45, 2.75) is 19.4 Å². The molecule has 0 aliphatic carbocycles. The number of rotatable bonds is 4. The summed E-state index contributed by atoms with van der Waals surface area (Å²) in [6.07, 6.45) is 7.01. The Hall–Kier alpha value is -1.91. The van der Waals surface area contributed by atoms with Crippen LogP contribution in [0.25, 0.3) is 0 Å². The standard InChI is InChI=1S/C8H8N2O.C5H11NO/c1-3-9-4-2-7(1)8-5-10-6-11-8;1-3-4-6(2)5-7/h1-4,6,8H,5H2;5H,3-4H2,1-2H3. The maximum absolute atomic E-state index is 9.82. The molecule has 1 aliphatic rings. The molecule has 1 aliphatic heterocycles. The molecule has 0 saturated heterocycles. The average Bonchev–Trinajstić information content (AvgIpc) is 2.95. The maximum Gasteiger partial charge on any atom is 0.209 e. The molecule has 18 heavy (non-hydrogen) atoms. The number of aromatic nitrogens is 1. The molecule has 5 nitrogen and oxygen atoms in total. The van der Waals surface area contributed by atoms with Gasteiger partial charge in [0.05, 0.1) is 6.54 Å². The number of carbonyl (C=O) groups is 1. The lowest BCUT2D eigenvalue weighted by Crippen LogP contribution is -2.15. The first-order chi connectivity index (χ1) is 8.77. The molecule has 0 saturated carbocycles. The predicted octanol–water partition coefficient (Wildman–Crippen LogP) is 1.67. The Morgan fingerprint density at radius 3 is 2.67 bits per heavy atom. The zero-order chi connectivity index (χ0) is 13.2. The molecule has 1 amide bonds. The molecule has 1 aromatic rings. The van der Waals surface area contributed by atoms with E-state index in [1.54, 1.807) is 24.3 Å². The van der Waals surface area contributed by atoms with Crippen LogP contribution in [-0.4, -0.2) is 42.8 Å². The third-order valence-corrected chi connectivity index (χ3v) is 2.41. The molecule has 0 N–H and O–H groups in total.